The summed E-state index contributed by atoms with van der Waals surface area (Å²) in [4.78, 5) is 7.70. The maximum Gasteiger partial charge on any atom is 0.222 e. The van der Waals surface area contributed by atoms with Crippen LogP contribution in [0.4, 0.5) is 10.3 Å². The van der Waals surface area contributed by atoms with E-state index in [4.69, 9.17) is 5.11 Å². The van der Waals surface area contributed by atoms with Gasteiger partial charge in [-0.3, -0.25) is 0 Å². The number of nitrogens with zero attached hydrogens (tertiary/aromatic N) is 2. The maximum absolute atomic E-state index is 12.1. The number of anilines is 1. The molecule has 0 aliphatic rings. The Morgan fingerprint density at radius 1 is 1.58 bits per heavy atom. The van der Waals surface area contributed by atoms with Crippen LogP contribution in [0.2, 0.25) is 0 Å². The van der Waals surface area contributed by atoms with E-state index in [0.29, 0.717) is 11.5 Å². The summed E-state index contributed by atoms with van der Waals surface area (Å²) < 4.78 is 12.1. The van der Waals surface area contributed by atoms with Crippen molar-refractivity contribution in [2.75, 3.05) is 12.4 Å². The summed E-state index contributed by atoms with van der Waals surface area (Å²) in [5.74, 6) is 0.479. The zero-order valence-electron chi connectivity index (χ0n) is 6.66. The van der Waals surface area contributed by atoms with Crippen LogP contribution >= 0.6 is 0 Å². The first-order valence-electron chi connectivity index (χ1n) is 3.53. The molecule has 5 heteroatoms. The quantitative estimate of drug-likeness (QED) is 0.689. The number of hydrogen-bond donors (Lipinski definition) is 2. The van der Waals surface area contributed by atoms with Gasteiger partial charge in [0.15, 0.2) is 0 Å². The monoisotopic (exact) mass is 171 g/mol. The van der Waals surface area contributed by atoms with Gasteiger partial charge in [0, 0.05) is 25.9 Å². The molecule has 0 bridgehead atoms. The number of halogens is 1. The van der Waals surface area contributed by atoms with E-state index in [1.807, 2.05) is 0 Å². The summed E-state index contributed by atoms with van der Waals surface area (Å²) in [5, 5.41) is 11.1. The summed E-state index contributed by atoms with van der Waals surface area (Å²) in [6.45, 7) is 0. The predicted octanol–water partition coefficient (Wildman–Crippen LogP) is 0.349. The minimum Gasteiger partial charge on any atom is -0.364 e. The SMILES string of the molecule is CNc1ncc(CC(O)F)cn1. The summed E-state index contributed by atoms with van der Waals surface area (Å²) >= 11 is 0. The molecule has 0 amide bonds. The van der Waals surface area contributed by atoms with E-state index in [1.165, 1.54) is 12.4 Å². The Balaban J connectivity index is 2.65. The summed E-state index contributed by atoms with van der Waals surface area (Å²) in [6.07, 6.45) is 1.04. The third-order valence-corrected chi connectivity index (χ3v) is 1.33. The molecule has 1 unspecified atom stereocenters. The van der Waals surface area contributed by atoms with Crippen molar-refractivity contribution in [3.8, 4) is 0 Å². The number of alkyl halides is 1. The maximum atomic E-state index is 12.1. The third-order valence-electron chi connectivity index (χ3n) is 1.33. The van der Waals surface area contributed by atoms with Crippen molar-refractivity contribution < 1.29 is 9.50 Å². The number of nitrogens with one attached hydrogen (secondary N) is 1. The lowest BCUT2D eigenvalue weighted by Crippen LogP contribution is -2.04. The number of hydrogen-bond acceptors (Lipinski definition) is 4. The van der Waals surface area contributed by atoms with Crippen LogP contribution in [0, 0.1) is 0 Å². The summed E-state index contributed by atoms with van der Waals surface area (Å²) in [5.41, 5.74) is 0.573. The van der Waals surface area contributed by atoms with E-state index in [2.05, 4.69) is 15.3 Å². The van der Waals surface area contributed by atoms with Gasteiger partial charge in [0.25, 0.3) is 0 Å². The van der Waals surface area contributed by atoms with Crippen molar-refractivity contribution in [2.45, 2.75) is 12.8 Å². The highest BCUT2D eigenvalue weighted by Gasteiger charge is 2.02. The van der Waals surface area contributed by atoms with Gasteiger partial charge in [-0.05, 0) is 5.56 Å². The number of rotatable bonds is 3. The van der Waals surface area contributed by atoms with Crippen molar-refractivity contribution in [2.24, 2.45) is 0 Å². The second-order valence-corrected chi connectivity index (χ2v) is 2.30. The van der Waals surface area contributed by atoms with Crippen LogP contribution in [0.3, 0.4) is 0 Å². The van der Waals surface area contributed by atoms with E-state index in [-0.39, 0.29) is 6.42 Å². The normalized spacial score (nSPS) is 12.6. The van der Waals surface area contributed by atoms with E-state index in [9.17, 15) is 4.39 Å². The molecule has 0 saturated heterocycles. The molecule has 1 atom stereocenters. The molecule has 0 radical (unpaired) electrons. The Hall–Kier alpha value is -1.23. The van der Waals surface area contributed by atoms with Crippen molar-refractivity contribution in [3.05, 3.63) is 18.0 Å². The second kappa shape index (κ2) is 3.96. The van der Waals surface area contributed by atoms with Gasteiger partial charge in [-0.1, -0.05) is 0 Å². The van der Waals surface area contributed by atoms with Gasteiger partial charge in [0.05, 0.1) is 0 Å². The molecule has 2 N–H and O–H groups in total. The van der Waals surface area contributed by atoms with Gasteiger partial charge in [-0.15, -0.1) is 0 Å². The average Bonchev–Trinajstić information content (AvgIpc) is 2.05. The van der Waals surface area contributed by atoms with E-state index >= 15 is 0 Å². The molecule has 0 fully saturated rings. The zero-order chi connectivity index (χ0) is 8.97. The van der Waals surface area contributed by atoms with Gasteiger partial charge >= 0.3 is 0 Å². The highest BCUT2D eigenvalue weighted by atomic mass is 19.1. The van der Waals surface area contributed by atoms with Crippen LogP contribution in [0.1, 0.15) is 5.56 Å². The number of aliphatic hydroxyl groups excluding tert-OH is 1. The highest BCUT2D eigenvalue weighted by molar-refractivity contribution is 5.23. The molecule has 12 heavy (non-hydrogen) atoms. The topological polar surface area (TPSA) is 58.0 Å². The van der Waals surface area contributed by atoms with Crippen LogP contribution in [0.5, 0.6) is 0 Å². The Morgan fingerprint density at radius 2 is 2.17 bits per heavy atom. The fourth-order valence-corrected chi connectivity index (χ4v) is 0.784. The van der Waals surface area contributed by atoms with Gasteiger partial charge < -0.3 is 10.4 Å². The van der Waals surface area contributed by atoms with E-state index in [0.717, 1.165) is 0 Å². The minimum absolute atomic E-state index is 0.0655. The lowest BCUT2D eigenvalue weighted by Gasteiger charge is -2.01. The molecule has 0 aliphatic carbocycles. The van der Waals surface area contributed by atoms with Gasteiger partial charge in [-0.2, -0.15) is 0 Å². The van der Waals surface area contributed by atoms with Crippen molar-refractivity contribution >= 4 is 5.95 Å². The Morgan fingerprint density at radius 3 is 2.58 bits per heavy atom. The minimum atomic E-state index is -1.84. The van der Waals surface area contributed by atoms with Crippen molar-refractivity contribution in [1.82, 2.24) is 9.97 Å². The van der Waals surface area contributed by atoms with Gasteiger partial charge in [0.2, 0.25) is 12.3 Å². The fourth-order valence-electron chi connectivity index (χ4n) is 0.784. The first kappa shape index (κ1) is 8.86. The number of aromatic nitrogens is 2. The fraction of sp³-hybridized carbons (Fsp3) is 0.429. The molecule has 1 aromatic heterocycles. The smallest absolute Gasteiger partial charge is 0.222 e. The van der Waals surface area contributed by atoms with Gasteiger partial charge in [0.1, 0.15) is 0 Å². The van der Waals surface area contributed by atoms with Crippen LogP contribution in [-0.2, 0) is 6.42 Å². The van der Waals surface area contributed by atoms with Crippen LogP contribution < -0.4 is 5.32 Å². The highest BCUT2D eigenvalue weighted by Crippen LogP contribution is 2.03. The average molecular weight is 171 g/mol. The molecule has 0 aromatic carbocycles. The van der Waals surface area contributed by atoms with Gasteiger partial charge in [-0.25, -0.2) is 14.4 Å². The Bertz CT molecular complexity index is 237. The molecule has 1 aromatic rings. The molecule has 1 heterocycles. The lowest BCUT2D eigenvalue weighted by atomic mass is 10.2. The largest absolute Gasteiger partial charge is 0.364 e. The van der Waals surface area contributed by atoms with E-state index in [1.54, 1.807) is 7.05 Å². The first-order valence-corrected chi connectivity index (χ1v) is 3.53. The molecule has 66 valence electrons. The summed E-state index contributed by atoms with van der Waals surface area (Å²) in [6, 6.07) is 0. The number of aliphatic hydroxyl groups is 1. The molecule has 0 aliphatic heterocycles. The van der Waals surface area contributed by atoms with E-state index < -0.39 is 6.36 Å². The standard InChI is InChI=1S/C7H10FN3O/c1-9-7-10-3-5(4-11-7)2-6(8)12/h3-4,6,12H,2H2,1H3,(H,9,10,11). The molecule has 0 saturated carbocycles. The zero-order valence-corrected chi connectivity index (χ0v) is 6.66. The first-order chi connectivity index (χ1) is 5.72. The Labute approximate surface area is 69.5 Å². The molecular weight excluding hydrogens is 161 g/mol. The molecule has 1 rings (SSSR count). The summed E-state index contributed by atoms with van der Waals surface area (Å²) in [7, 11) is 1.69. The second-order valence-electron chi connectivity index (χ2n) is 2.30. The molecular formula is C7H10FN3O. The predicted molar refractivity (Wildman–Crippen MR) is 42.4 cm³/mol. The van der Waals surface area contributed by atoms with Crippen LogP contribution in [-0.4, -0.2) is 28.5 Å². The van der Waals surface area contributed by atoms with Crippen molar-refractivity contribution in [3.63, 3.8) is 0 Å². The van der Waals surface area contributed by atoms with Crippen LogP contribution in [0.15, 0.2) is 12.4 Å². The third kappa shape index (κ3) is 2.43. The van der Waals surface area contributed by atoms with Crippen molar-refractivity contribution in [1.29, 1.82) is 0 Å². The lowest BCUT2D eigenvalue weighted by molar-refractivity contribution is 0.0428. The molecule has 0 spiro atoms. The molecule has 4 nitrogen and oxygen atoms in total. The Kier molecular flexibility index (Phi) is 2.93. The van der Waals surface area contributed by atoms with Crippen LogP contribution in [0.25, 0.3) is 0 Å².